The topological polar surface area (TPSA) is 18.5 Å². The van der Waals surface area contributed by atoms with E-state index < -0.39 is 8.32 Å². The molecule has 1 fully saturated rings. The Labute approximate surface area is 108 Å². The Kier molecular flexibility index (Phi) is 7.40. The molecule has 0 atom stereocenters. The summed E-state index contributed by atoms with van der Waals surface area (Å²) in [5.74, 6) is 0.844. The van der Waals surface area contributed by atoms with Gasteiger partial charge in [-0.3, -0.25) is 0 Å². The molecule has 1 aliphatic carbocycles. The van der Waals surface area contributed by atoms with Gasteiger partial charge in [0, 0.05) is 20.3 Å². The Morgan fingerprint density at radius 2 is 1.71 bits per heavy atom. The summed E-state index contributed by atoms with van der Waals surface area (Å²) in [6.07, 6.45) is 7.05. The molecule has 1 rings (SSSR count). The molecule has 0 spiro atoms. The molecule has 0 amide bonds. The van der Waals surface area contributed by atoms with Crippen molar-refractivity contribution >= 4 is 8.32 Å². The van der Waals surface area contributed by atoms with Crippen molar-refractivity contribution in [2.75, 3.05) is 20.3 Å². The van der Waals surface area contributed by atoms with Crippen molar-refractivity contribution in [1.29, 1.82) is 0 Å². The van der Waals surface area contributed by atoms with Crippen LogP contribution in [0.15, 0.2) is 0 Å². The second-order valence-electron chi connectivity index (χ2n) is 5.45. The highest BCUT2D eigenvalue weighted by Gasteiger charge is 2.31. The summed E-state index contributed by atoms with van der Waals surface area (Å²) in [6, 6.07) is 3.64. The molecule has 0 aromatic rings. The van der Waals surface area contributed by atoms with Crippen molar-refractivity contribution in [1.82, 2.24) is 0 Å². The van der Waals surface area contributed by atoms with Crippen LogP contribution in [0, 0.1) is 5.92 Å². The first-order chi connectivity index (χ1) is 8.26. The number of hydrogen-bond acceptors (Lipinski definition) is 2. The van der Waals surface area contributed by atoms with Crippen LogP contribution in [0.25, 0.3) is 0 Å². The monoisotopic (exact) mass is 258 g/mol. The highest BCUT2D eigenvalue weighted by molar-refractivity contribution is 6.73. The Hall–Kier alpha value is 0.137. The normalized spacial score (nSPS) is 18.5. The molecule has 0 aromatic heterocycles. The van der Waals surface area contributed by atoms with Crippen LogP contribution in [0.2, 0.25) is 18.1 Å². The Morgan fingerprint density at radius 1 is 1.06 bits per heavy atom. The van der Waals surface area contributed by atoms with Gasteiger partial charge >= 0.3 is 0 Å². The third kappa shape index (κ3) is 5.10. The van der Waals surface area contributed by atoms with E-state index in [2.05, 4.69) is 13.8 Å². The standard InChI is InChI=1S/C14H30O2Si/c1-4-17(5-2,12-11-15-3)16-13-14-9-7-6-8-10-14/h14H,4-13H2,1-3H3. The van der Waals surface area contributed by atoms with Crippen LogP contribution in [0.4, 0.5) is 0 Å². The van der Waals surface area contributed by atoms with E-state index in [-0.39, 0.29) is 0 Å². The van der Waals surface area contributed by atoms with Gasteiger partial charge in [0.05, 0.1) is 0 Å². The molecule has 0 saturated heterocycles. The first kappa shape index (κ1) is 15.2. The van der Waals surface area contributed by atoms with Gasteiger partial charge in [0.15, 0.2) is 8.32 Å². The fourth-order valence-corrected chi connectivity index (χ4v) is 5.74. The maximum Gasteiger partial charge on any atom is 0.194 e. The molecule has 1 aliphatic rings. The summed E-state index contributed by atoms with van der Waals surface area (Å²) in [4.78, 5) is 0. The molecule has 0 N–H and O–H groups in total. The predicted octanol–water partition coefficient (Wildman–Crippen LogP) is 4.22. The Bertz CT molecular complexity index is 187. The number of ether oxygens (including phenoxy) is 1. The van der Waals surface area contributed by atoms with E-state index in [1.807, 2.05) is 0 Å². The number of hydrogen-bond donors (Lipinski definition) is 0. The highest BCUT2D eigenvalue weighted by atomic mass is 28.4. The first-order valence-electron chi connectivity index (χ1n) is 7.39. The van der Waals surface area contributed by atoms with Crippen LogP contribution in [0.3, 0.4) is 0 Å². The minimum Gasteiger partial charge on any atom is -0.416 e. The van der Waals surface area contributed by atoms with Crippen LogP contribution in [0.1, 0.15) is 46.0 Å². The zero-order chi connectivity index (χ0) is 12.6. The molecule has 2 nitrogen and oxygen atoms in total. The lowest BCUT2D eigenvalue weighted by atomic mass is 9.90. The smallest absolute Gasteiger partial charge is 0.194 e. The molecule has 0 radical (unpaired) electrons. The molecule has 1 saturated carbocycles. The van der Waals surface area contributed by atoms with Gasteiger partial charge in [-0.1, -0.05) is 33.1 Å². The third-order valence-corrected chi connectivity index (χ3v) is 8.87. The molecule has 17 heavy (non-hydrogen) atoms. The molecule has 102 valence electrons. The molecule has 0 aliphatic heterocycles. The first-order valence-corrected chi connectivity index (χ1v) is 9.92. The zero-order valence-corrected chi connectivity index (χ0v) is 13.0. The van der Waals surface area contributed by atoms with Gasteiger partial charge in [-0.05, 0) is 36.9 Å². The number of rotatable bonds is 8. The van der Waals surface area contributed by atoms with E-state index in [1.54, 1.807) is 7.11 Å². The lowest BCUT2D eigenvalue weighted by Gasteiger charge is -2.32. The maximum atomic E-state index is 6.43. The van der Waals surface area contributed by atoms with Crippen LogP contribution in [-0.4, -0.2) is 28.6 Å². The van der Waals surface area contributed by atoms with E-state index in [0.29, 0.717) is 0 Å². The van der Waals surface area contributed by atoms with E-state index in [9.17, 15) is 0 Å². The fraction of sp³-hybridized carbons (Fsp3) is 1.00. The summed E-state index contributed by atoms with van der Waals surface area (Å²) in [5.41, 5.74) is 0. The van der Waals surface area contributed by atoms with Gasteiger partial charge in [-0.25, -0.2) is 0 Å². The van der Waals surface area contributed by atoms with Crippen molar-refractivity contribution in [3.63, 3.8) is 0 Å². The highest BCUT2D eigenvalue weighted by Crippen LogP contribution is 2.28. The van der Waals surface area contributed by atoms with Crippen molar-refractivity contribution in [3.8, 4) is 0 Å². The second-order valence-corrected chi connectivity index (χ2v) is 10.0. The van der Waals surface area contributed by atoms with Crippen LogP contribution < -0.4 is 0 Å². The molecule has 0 unspecified atom stereocenters. The summed E-state index contributed by atoms with van der Waals surface area (Å²) >= 11 is 0. The number of methoxy groups -OCH3 is 1. The van der Waals surface area contributed by atoms with Crippen LogP contribution in [-0.2, 0) is 9.16 Å². The van der Waals surface area contributed by atoms with Crippen molar-refractivity contribution in [3.05, 3.63) is 0 Å². The van der Waals surface area contributed by atoms with Crippen LogP contribution in [0.5, 0.6) is 0 Å². The van der Waals surface area contributed by atoms with Crippen molar-refractivity contribution in [2.45, 2.75) is 64.1 Å². The van der Waals surface area contributed by atoms with E-state index >= 15 is 0 Å². The van der Waals surface area contributed by atoms with Gasteiger partial charge in [-0.15, -0.1) is 0 Å². The lowest BCUT2D eigenvalue weighted by molar-refractivity contribution is 0.181. The van der Waals surface area contributed by atoms with E-state index in [4.69, 9.17) is 9.16 Å². The van der Waals surface area contributed by atoms with Gasteiger partial charge < -0.3 is 9.16 Å². The van der Waals surface area contributed by atoms with Crippen molar-refractivity contribution < 1.29 is 9.16 Å². The molecule has 0 aromatic carbocycles. The van der Waals surface area contributed by atoms with Crippen molar-refractivity contribution in [2.24, 2.45) is 5.92 Å². The minimum absolute atomic E-state index is 0.844. The van der Waals surface area contributed by atoms with Gasteiger partial charge in [0.25, 0.3) is 0 Å². The fourth-order valence-electron chi connectivity index (χ4n) is 2.82. The average molecular weight is 258 g/mol. The second kappa shape index (κ2) is 8.28. The molecule has 3 heteroatoms. The SMILES string of the molecule is CC[Si](CC)(CCOC)OCC1CCCCC1. The predicted molar refractivity (Wildman–Crippen MR) is 75.9 cm³/mol. The Balaban J connectivity index is 2.36. The van der Waals surface area contributed by atoms with Gasteiger partial charge in [0.1, 0.15) is 0 Å². The summed E-state index contributed by atoms with van der Waals surface area (Å²) < 4.78 is 11.7. The quantitative estimate of drug-likeness (QED) is 0.607. The summed E-state index contributed by atoms with van der Waals surface area (Å²) in [6.45, 7) is 6.49. The Morgan fingerprint density at radius 3 is 2.24 bits per heavy atom. The molecule has 0 heterocycles. The lowest BCUT2D eigenvalue weighted by Crippen LogP contribution is -2.39. The van der Waals surface area contributed by atoms with Gasteiger partial charge in [0.2, 0.25) is 0 Å². The summed E-state index contributed by atoms with van der Waals surface area (Å²) in [7, 11) is 0.324. The summed E-state index contributed by atoms with van der Waals surface area (Å²) in [5, 5.41) is 0. The molecular weight excluding hydrogens is 228 g/mol. The molecule has 0 bridgehead atoms. The van der Waals surface area contributed by atoms with Gasteiger partial charge in [-0.2, -0.15) is 0 Å². The third-order valence-electron chi connectivity index (χ3n) is 4.40. The largest absolute Gasteiger partial charge is 0.416 e. The minimum atomic E-state index is -1.47. The maximum absolute atomic E-state index is 6.43. The van der Waals surface area contributed by atoms with E-state index in [0.717, 1.165) is 19.1 Å². The average Bonchev–Trinajstić information content (AvgIpc) is 2.41. The zero-order valence-electron chi connectivity index (χ0n) is 12.0. The van der Waals surface area contributed by atoms with E-state index in [1.165, 1.54) is 50.2 Å². The molecular formula is C14H30O2Si. The van der Waals surface area contributed by atoms with Crippen LogP contribution >= 0.6 is 0 Å².